The molecule has 0 fully saturated rings. The molecule has 0 saturated carbocycles. The summed E-state index contributed by atoms with van der Waals surface area (Å²) in [6, 6.07) is 10.7. The molecule has 0 aliphatic carbocycles. The molecule has 136 valence electrons. The monoisotopic (exact) mass is 396 g/mol. The van der Waals surface area contributed by atoms with Crippen LogP contribution in [0.25, 0.3) is 10.2 Å². The molecule has 0 bridgehead atoms. The molecule has 0 atom stereocenters. The second-order valence-corrected chi connectivity index (χ2v) is 7.50. The van der Waals surface area contributed by atoms with E-state index in [9.17, 15) is 9.59 Å². The van der Waals surface area contributed by atoms with Crippen LogP contribution in [0, 0.1) is 11.3 Å². The van der Waals surface area contributed by atoms with Gasteiger partial charge in [0, 0.05) is 18.7 Å². The van der Waals surface area contributed by atoms with Gasteiger partial charge in [-0.05, 0) is 23.6 Å². The van der Waals surface area contributed by atoms with E-state index < -0.39 is 0 Å². The lowest BCUT2D eigenvalue weighted by atomic mass is 10.2. The molecule has 3 aromatic rings. The number of nitrogens with one attached hydrogen (secondary N) is 1. The zero-order valence-corrected chi connectivity index (χ0v) is 16.0. The Kier molecular flexibility index (Phi) is 6.06. The zero-order chi connectivity index (χ0) is 19.2. The highest BCUT2D eigenvalue weighted by Crippen LogP contribution is 2.22. The van der Waals surface area contributed by atoms with E-state index >= 15 is 0 Å². The SMILES string of the molecule is C=CCn1c(SCCC(=O)Nc2ccccc2C#N)nc2sccc2c1=O. The maximum Gasteiger partial charge on any atom is 0.263 e. The third kappa shape index (κ3) is 4.27. The Bertz CT molecular complexity index is 1100. The number of nitriles is 1. The van der Waals surface area contributed by atoms with Crippen LogP contribution in [0.3, 0.4) is 0 Å². The van der Waals surface area contributed by atoms with Crippen molar-refractivity contribution in [2.24, 2.45) is 0 Å². The Labute approximate surface area is 164 Å². The highest BCUT2D eigenvalue weighted by molar-refractivity contribution is 7.99. The maximum absolute atomic E-state index is 12.6. The van der Waals surface area contributed by atoms with Gasteiger partial charge in [-0.25, -0.2) is 4.98 Å². The summed E-state index contributed by atoms with van der Waals surface area (Å²) in [4.78, 5) is 30.0. The van der Waals surface area contributed by atoms with Crippen molar-refractivity contribution in [2.75, 3.05) is 11.1 Å². The number of nitrogens with zero attached hydrogens (tertiary/aromatic N) is 3. The minimum atomic E-state index is -0.194. The molecule has 0 aliphatic heterocycles. The van der Waals surface area contributed by atoms with E-state index in [2.05, 4.69) is 16.9 Å². The van der Waals surface area contributed by atoms with Crippen molar-refractivity contribution in [3.63, 3.8) is 0 Å². The Morgan fingerprint density at radius 3 is 3.00 bits per heavy atom. The topological polar surface area (TPSA) is 87.8 Å². The van der Waals surface area contributed by atoms with E-state index in [4.69, 9.17) is 5.26 Å². The van der Waals surface area contributed by atoms with Gasteiger partial charge in [-0.2, -0.15) is 5.26 Å². The number of benzene rings is 1. The molecule has 6 nitrogen and oxygen atoms in total. The Morgan fingerprint density at radius 1 is 1.41 bits per heavy atom. The molecule has 0 spiro atoms. The van der Waals surface area contributed by atoms with Crippen LogP contribution in [0.5, 0.6) is 0 Å². The second kappa shape index (κ2) is 8.66. The van der Waals surface area contributed by atoms with Crippen molar-refractivity contribution in [3.8, 4) is 6.07 Å². The number of para-hydroxylation sites is 1. The van der Waals surface area contributed by atoms with Gasteiger partial charge in [0.05, 0.1) is 16.6 Å². The predicted molar refractivity (Wildman–Crippen MR) is 109 cm³/mol. The smallest absolute Gasteiger partial charge is 0.263 e. The maximum atomic E-state index is 12.6. The minimum absolute atomic E-state index is 0.101. The number of anilines is 1. The second-order valence-electron chi connectivity index (χ2n) is 5.54. The van der Waals surface area contributed by atoms with Gasteiger partial charge in [-0.1, -0.05) is 30.0 Å². The normalized spacial score (nSPS) is 10.5. The number of hydrogen-bond donors (Lipinski definition) is 1. The van der Waals surface area contributed by atoms with E-state index in [1.807, 2.05) is 11.4 Å². The lowest BCUT2D eigenvalue weighted by Crippen LogP contribution is -2.22. The number of rotatable bonds is 7. The third-order valence-electron chi connectivity index (χ3n) is 3.74. The van der Waals surface area contributed by atoms with Crippen LogP contribution in [-0.4, -0.2) is 21.2 Å². The molecule has 1 amide bonds. The van der Waals surface area contributed by atoms with Crippen molar-refractivity contribution in [2.45, 2.75) is 18.1 Å². The van der Waals surface area contributed by atoms with Crippen LogP contribution in [0.1, 0.15) is 12.0 Å². The Hall–Kier alpha value is -2.89. The number of carbonyl (C=O) groups excluding carboxylic acids is 1. The molecule has 1 aromatic carbocycles. The summed E-state index contributed by atoms with van der Waals surface area (Å²) in [5, 5.41) is 14.8. The molecule has 0 radical (unpaired) electrons. The molecule has 0 saturated heterocycles. The predicted octanol–water partition coefficient (Wildman–Crippen LogP) is 3.64. The number of aromatic nitrogens is 2. The van der Waals surface area contributed by atoms with E-state index in [0.717, 1.165) is 0 Å². The fourth-order valence-electron chi connectivity index (χ4n) is 2.47. The summed E-state index contributed by atoms with van der Waals surface area (Å²) in [7, 11) is 0. The molecule has 1 N–H and O–H groups in total. The first kappa shape index (κ1) is 18.9. The molecule has 2 aromatic heterocycles. The van der Waals surface area contributed by atoms with Gasteiger partial charge in [0.25, 0.3) is 5.56 Å². The van der Waals surface area contributed by atoms with Crippen LogP contribution in [0.4, 0.5) is 5.69 Å². The first-order chi connectivity index (χ1) is 13.1. The van der Waals surface area contributed by atoms with Crippen LogP contribution in [0.2, 0.25) is 0 Å². The summed E-state index contributed by atoms with van der Waals surface area (Å²) in [5.74, 6) is 0.265. The number of thiophene rings is 1. The van der Waals surface area contributed by atoms with E-state index in [-0.39, 0.29) is 17.9 Å². The average molecular weight is 396 g/mol. The fourth-order valence-corrected chi connectivity index (χ4v) is 4.22. The number of amides is 1. The van der Waals surface area contributed by atoms with Crippen molar-refractivity contribution in [3.05, 3.63) is 64.3 Å². The highest BCUT2D eigenvalue weighted by atomic mass is 32.2. The lowest BCUT2D eigenvalue weighted by Gasteiger charge is -2.10. The molecule has 0 unspecified atom stereocenters. The van der Waals surface area contributed by atoms with Gasteiger partial charge in [-0.3, -0.25) is 14.2 Å². The largest absolute Gasteiger partial charge is 0.325 e. The van der Waals surface area contributed by atoms with Crippen molar-refractivity contribution in [1.82, 2.24) is 9.55 Å². The van der Waals surface area contributed by atoms with Crippen molar-refractivity contribution < 1.29 is 4.79 Å². The van der Waals surface area contributed by atoms with Crippen molar-refractivity contribution >= 4 is 44.9 Å². The Morgan fingerprint density at radius 2 is 2.22 bits per heavy atom. The number of hydrogen-bond acceptors (Lipinski definition) is 6. The van der Waals surface area contributed by atoms with Gasteiger partial charge in [-0.15, -0.1) is 17.9 Å². The number of fused-ring (bicyclic) bond motifs is 1. The first-order valence-corrected chi connectivity index (χ1v) is 10.0. The van der Waals surface area contributed by atoms with Crippen LogP contribution in [-0.2, 0) is 11.3 Å². The molecule has 27 heavy (non-hydrogen) atoms. The van der Waals surface area contributed by atoms with Crippen LogP contribution >= 0.6 is 23.1 Å². The van der Waals surface area contributed by atoms with Gasteiger partial charge < -0.3 is 5.32 Å². The fraction of sp³-hybridized carbons (Fsp3) is 0.158. The van der Waals surface area contributed by atoms with Crippen molar-refractivity contribution in [1.29, 1.82) is 5.26 Å². The Balaban J connectivity index is 1.69. The molecule has 0 aliphatic rings. The van der Waals surface area contributed by atoms with Gasteiger partial charge in [0.2, 0.25) is 5.91 Å². The van der Waals surface area contributed by atoms with Gasteiger partial charge in [0.1, 0.15) is 10.9 Å². The molecule has 2 heterocycles. The van der Waals surface area contributed by atoms with Crippen LogP contribution in [0.15, 0.2) is 58.3 Å². The standard InChI is InChI=1S/C19H16N4O2S2/c1-2-9-23-18(25)14-7-10-26-17(14)22-19(23)27-11-8-16(24)21-15-6-4-3-5-13(15)12-20/h2-7,10H,1,8-9,11H2,(H,21,24). The number of allylic oxidation sites excluding steroid dienone is 1. The number of carbonyl (C=O) groups is 1. The highest BCUT2D eigenvalue weighted by Gasteiger charge is 2.13. The summed E-state index contributed by atoms with van der Waals surface area (Å²) >= 11 is 2.77. The quantitative estimate of drug-likeness (QED) is 0.374. The summed E-state index contributed by atoms with van der Waals surface area (Å²) in [6.45, 7) is 4.06. The molecule has 3 rings (SSSR count). The lowest BCUT2D eigenvalue weighted by molar-refractivity contribution is -0.115. The molecular formula is C19H16N4O2S2. The summed E-state index contributed by atoms with van der Waals surface area (Å²) in [6.07, 6.45) is 1.88. The zero-order valence-electron chi connectivity index (χ0n) is 14.3. The summed E-state index contributed by atoms with van der Waals surface area (Å²) in [5.41, 5.74) is 0.816. The molecular weight excluding hydrogens is 380 g/mol. The van der Waals surface area contributed by atoms with Gasteiger partial charge in [0.15, 0.2) is 5.16 Å². The minimum Gasteiger partial charge on any atom is -0.325 e. The number of thioether (sulfide) groups is 1. The van der Waals surface area contributed by atoms with E-state index in [1.54, 1.807) is 41.0 Å². The van der Waals surface area contributed by atoms with E-state index in [0.29, 0.717) is 38.9 Å². The molecule has 8 heteroatoms. The third-order valence-corrected chi connectivity index (χ3v) is 5.53. The average Bonchev–Trinajstić information content (AvgIpc) is 3.14. The van der Waals surface area contributed by atoms with Crippen LogP contribution < -0.4 is 10.9 Å². The first-order valence-electron chi connectivity index (χ1n) is 8.14. The van der Waals surface area contributed by atoms with Gasteiger partial charge >= 0.3 is 0 Å². The summed E-state index contributed by atoms with van der Waals surface area (Å²) < 4.78 is 1.57. The van der Waals surface area contributed by atoms with E-state index in [1.165, 1.54) is 23.1 Å².